The van der Waals surface area contributed by atoms with E-state index in [1.54, 1.807) is 48.5 Å². The Morgan fingerprint density at radius 3 is 2.48 bits per heavy atom. The van der Waals surface area contributed by atoms with Crippen LogP contribution in [0.2, 0.25) is 5.02 Å². The van der Waals surface area contributed by atoms with Crippen molar-refractivity contribution in [2.75, 3.05) is 11.9 Å². The summed E-state index contributed by atoms with van der Waals surface area (Å²) in [6.45, 7) is 2.42. The molecule has 4 rings (SSSR count). The van der Waals surface area contributed by atoms with Gasteiger partial charge in [-0.25, -0.2) is 8.78 Å². The summed E-state index contributed by atoms with van der Waals surface area (Å²) < 4.78 is 33.1. The van der Waals surface area contributed by atoms with Crippen molar-refractivity contribution in [2.24, 2.45) is 0 Å². The molecule has 0 heterocycles. The summed E-state index contributed by atoms with van der Waals surface area (Å²) in [6.07, 6.45) is -0.422. The molecule has 0 aliphatic heterocycles. The van der Waals surface area contributed by atoms with Crippen LogP contribution < -0.4 is 10.6 Å². The predicted octanol–water partition coefficient (Wildman–Crippen LogP) is 4.55. The van der Waals surface area contributed by atoms with Crippen molar-refractivity contribution in [1.82, 2.24) is 5.32 Å². The van der Waals surface area contributed by atoms with Crippen molar-refractivity contribution in [1.29, 1.82) is 0 Å². The minimum absolute atomic E-state index is 0.0457. The molecule has 2 fully saturated rings. The van der Waals surface area contributed by atoms with Gasteiger partial charge in [-0.15, -0.1) is 0 Å². The molecule has 0 saturated heterocycles. The number of hydrogen-bond donors (Lipinski definition) is 2. The summed E-state index contributed by atoms with van der Waals surface area (Å²) in [4.78, 5) is 25.3. The smallest absolute Gasteiger partial charge is 0.255 e. The lowest BCUT2D eigenvalue weighted by Gasteiger charge is -2.46. The molecule has 2 aromatic carbocycles. The van der Waals surface area contributed by atoms with Gasteiger partial charge in [-0.3, -0.25) is 9.59 Å². The highest BCUT2D eigenvalue weighted by Crippen LogP contribution is 2.54. The minimum atomic E-state index is -2.88. The summed E-state index contributed by atoms with van der Waals surface area (Å²) in [6, 6.07) is 12.9. The number of benzene rings is 2. The van der Waals surface area contributed by atoms with E-state index in [4.69, 9.17) is 16.3 Å². The van der Waals surface area contributed by atoms with Crippen LogP contribution in [-0.2, 0) is 14.9 Å². The van der Waals surface area contributed by atoms with Gasteiger partial charge < -0.3 is 15.4 Å². The highest BCUT2D eigenvalue weighted by atomic mass is 35.5. The Hall–Kier alpha value is -2.51. The van der Waals surface area contributed by atoms with Gasteiger partial charge in [0.1, 0.15) is 0 Å². The first kappa shape index (κ1) is 21.7. The SMILES string of the molecule is CCO[C@@H]1C[C@H]1NC(=O)C1(c2ccc(NC(=O)c3cccc(Cl)c3)cc2)CC(F)(F)C1. The lowest BCUT2D eigenvalue weighted by molar-refractivity contribution is -0.159. The third-order valence-corrected chi connectivity index (χ3v) is 6.00. The van der Waals surface area contributed by atoms with Crippen LogP contribution in [0.4, 0.5) is 14.5 Å². The molecule has 8 heteroatoms. The van der Waals surface area contributed by atoms with E-state index in [-0.39, 0.29) is 18.1 Å². The van der Waals surface area contributed by atoms with Crippen molar-refractivity contribution in [3.63, 3.8) is 0 Å². The zero-order chi connectivity index (χ0) is 22.2. The molecule has 164 valence electrons. The fourth-order valence-electron chi connectivity index (χ4n) is 4.06. The van der Waals surface area contributed by atoms with Gasteiger partial charge in [-0.1, -0.05) is 29.8 Å². The van der Waals surface area contributed by atoms with Crippen LogP contribution in [0.5, 0.6) is 0 Å². The average molecular weight is 449 g/mol. The predicted molar refractivity (Wildman–Crippen MR) is 114 cm³/mol. The number of carbonyl (C=O) groups is 2. The number of hydrogen-bond acceptors (Lipinski definition) is 3. The molecular formula is C23H23ClF2N2O3. The first-order valence-corrected chi connectivity index (χ1v) is 10.6. The normalized spacial score (nSPS) is 22.8. The van der Waals surface area contributed by atoms with Crippen LogP contribution in [0, 0.1) is 0 Å². The van der Waals surface area contributed by atoms with Gasteiger partial charge in [0.15, 0.2) is 0 Å². The fraction of sp³-hybridized carbons (Fsp3) is 0.391. The van der Waals surface area contributed by atoms with E-state index in [1.165, 1.54) is 0 Å². The second-order valence-electron chi connectivity index (χ2n) is 8.14. The Morgan fingerprint density at radius 2 is 1.87 bits per heavy atom. The van der Waals surface area contributed by atoms with Crippen molar-refractivity contribution in [2.45, 2.75) is 49.7 Å². The van der Waals surface area contributed by atoms with E-state index in [9.17, 15) is 18.4 Å². The molecule has 2 saturated carbocycles. The maximum atomic E-state index is 13.8. The second-order valence-corrected chi connectivity index (χ2v) is 8.58. The Balaban J connectivity index is 1.47. The van der Waals surface area contributed by atoms with E-state index in [1.807, 2.05) is 6.92 Å². The van der Waals surface area contributed by atoms with E-state index < -0.39 is 30.1 Å². The van der Waals surface area contributed by atoms with E-state index >= 15 is 0 Å². The van der Waals surface area contributed by atoms with E-state index in [0.717, 1.165) is 0 Å². The highest BCUT2D eigenvalue weighted by Gasteiger charge is 2.62. The van der Waals surface area contributed by atoms with Crippen LogP contribution in [0.15, 0.2) is 48.5 Å². The maximum Gasteiger partial charge on any atom is 0.255 e. The molecule has 5 nitrogen and oxygen atoms in total. The van der Waals surface area contributed by atoms with Crippen molar-refractivity contribution < 1.29 is 23.1 Å². The summed E-state index contributed by atoms with van der Waals surface area (Å²) in [5.74, 6) is -3.62. The van der Waals surface area contributed by atoms with E-state index in [0.29, 0.717) is 34.9 Å². The monoisotopic (exact) mass is 448 g/mol. The highest BCUT2D eigenvalue weighted by molar-refractivity contribution is 6.31. The second kappa shape index (κ2) is 8.20. The number of nitrogens with one attached hydrogen (secondary N) is 2. The van der Waals surface area contributed by atoms with Gasteiger partial charge >= 0.3 is 0 Å². The van der Waals surface area contributed by atoms with Crippen LogP contribution >= 0.6 is 11.6 Å². The van der Waals surface area contributed by atoms with Crippen LogP contribution in [0.3, 0.4) is 0 Å². The van der Waals surface area contributed by atoms with Crippen molar-refractivity contribution in [3.05, 3.63) is 64.7 Å². The Labute approximate surface area is 184 Å². The molecule has 2 aromatic rings. The number of carbonyl (C=O) groups excluding carboxylic acids is 2. The van der Waals surface area contributed by atoms with Crippen molar-refractivity contribution >= 4 is 29.1 Å². The lowest BCUT2D eigenvalue weighted by atomic mass is 9.61. The third-order valence-electron chi connectivity index (χ3n) is 5.77. The van der Waals surface area contributed by atoms with Crippen LogP contribution in [-0.4, -0.2) is 36.5 Å². The number of anilines is 1. The number of ether oxygens (including phenoxy) is 1. The molecule has 2 atom stereocenters. The molecule has 0 spiro atoms. The van der Waals surface area contributed by atoms with Gasteiger partial charge in [-0.2, -0.15) is 0 Å². The Bertz CT molecular complexity index is 989. The molecule has 2 N–H and O–H groups in total. The van der Waals surface area contributed by atoms with Crippen LogP contribution in [0.1, 0.15) is 42.1 Å². The number of amides is 2. The molecule has 31 heavy (non-hydrogen) atoms. The molecule has 2 aliphatic carbocycles. The van der Waals surface area contributed by atoms with Gasteiger partial charge in [0.25, 0.3) is 11.8 Å². The molecule has 0 radical (unpaired) electrons. The fourth-order valence-corrected chi connectivity index (χ4v) is 4.25. The largest absolute Gasteiger partial charge is 0.376 e. The Kier molecular flexibility index (Phi) is 5.75. The maximum absolute atomic E-state index is 13.8. The average Bonchev–Trinajstić information content (AvgIpc) is 3.43. The molecular weight excluding hydrogens is 426 g/mol. The summed E-state index contributed by atoms with van der Waals surface area (Å²) in [5, 5.41) is 6.05. The first-order chi connectivity index (χ1) is 14.7. The van der Waals surface area contributed by atoms with E-state index in [2.05, 4.69) is 10.6 Å². The molecule has 0 bridgehead atoms. The van der Waals surface area contributed by atoms with Gasteiger partial charge in [0.05, 0.1) is 17.6 Å². The standard InChI is InChI=1S/C23H23ClF2N2O3/c1-2-31-19-11-18(19)28-21(30)22(12-23(25,26)13-22)15-6-8-17(9-7-15)27-20(29)14-4-3-5-16(24)10-14/h3-10,18-19H,2,11-13H2,1H3,(H,27,29)(H,28,30)/t18-,19-/m1/s1. The van der Waals surface area contributed by atoms with Gasteiger partial charge in [0, 0.05) is 35.7 Å². The number of alkyl halides is 2. The number of halogens is 3. The molecule has 2 aliphatic rings. The minimum Gasteiger partial charge on any atom is -0.376 e. The van der Waals surface area contributed by atoms with Gasteiger partial charge in [0.2, 0.25) is 5.91 Å². The molecule has 2 amide bonds. The molecule has 0 unspecified atom stereocenters. The zero-order valence-electron chi connectivity index (χ0n) is 17.0. The summed E-state index contributed by atoms with van der Waals surface area (Å²) in [7, 11) is 0. The first-order valence-electron chi connectivity index (χ1n) is 10.2. The summed E-state index contributed by atoms with van der Waals surface area (Å²) >= 11 is 5.92. The van der Waals surface area contributed by atoms with Crippen LogP contribution in [0.25, 0.3) is 0 Å². The Morgan fingerprint density at radius 1 is 1.16 bits per heavy atom. The topological polar surface area (TPSA) is 67.4 Å². The third kappa shape index (κ3) is 4.57. The molecule has 0 aromatic heterocycles. The van der Waals surface area contributed by atoms with Crippen molar-refractivity contribution in [3.8, 4) is 0 Å². The quantitative estimate of drug-likeness (QED) is 0.652. The summed E-state index contributed by atoms with van der Waals surface area (Å²) in [5.41, 5.74) is 0.122. The van der Waals surface area contributed by atoms with Gasteiger partial charge in [-0.05, 0) is 49.2 Å². The zero-order valence-corrected chi connectivity index (χ0v) is 17.7. The lowest BCUT2D eigenvalue weighted by Crippen LogP contribution is -2.58. The number of rotatable bonds is 7.